The lowest BCUT2D eigenvalue weighted by Crippen LogP contribution is -2.45. The molecule has 6 heteroatoms. The number of aliphatic hydroxyl groups is 1. The zero-order chi connectivity index (χ0) is 22.4. The van der Waals surface area contributed by atoms with Crippen molar-refractivity contribution in [1.29, 1.82) is 0 Å². The Hall–Kier alpha value is -2.86. The smallest absolute Gasteiger partial charge is 0.253 e. The quantitative estimate of drug-likeness (QED) is 0.774. The Balaban J connectivity index is 1.53. The van der Waals surface area contributed by atoms with E-state index in [-0.39, 0.29) is 42.3 Å². The average molecular weight is 434 g/mol. The molecule has 1 saturated heterocycles. The lowest BCUT2D eigenvalue weighted by Gasteiger charge is -2.41. The van der Waals surface area contributed by atoms with E-state index in [1.54, 1.807) is 19.0 Å². The third kappa shape index (κ3) is 3.47. The first-order chi connectivity index (χ1) is 15.5. The molecule has 1 saturated carbocycles. The van der Waals surface area contributed by atoms with E-state index in [1.165, 1.54) is 0 Å². The van der Waals surface area contributed by atoms with Gasteiger partial charge in [0, 0.05) is 43.7 Å². The zero-order valence-electron chi connectivity index (χ0n) is 18.8. The molecular formula is C26H31N3O3. The number of rotatable bonds is 4. The highest BCUT2D eigenvalue weighted by atomic mass is 16.3. The molecule has 2 heterocycles. The van der Waals surface area contributed by atoms with Gasteiger partial charge in [0.1, 0.15) is 0 Å². The Bertz CT molecular complexity index is 1050. The lowest BCUT2D eigenvalue weighted by atomic mass is 9.80. The average Bonchev–Trinajstić information content (AvgIpc) is 3.22. The van der Waals surface area contributed by atoms with E-state index >= 15 is 0 Å². The standard InChI is InChI=1S/C26H31N3O3/c1-28(2)25(31)19-8-4-7-17(13-19)18-9-10-22-21(14-18)24-20(23(15-30)27-22)11-12-29(24)26(32)16-5-3-6-16/h4,7-10,13-14,16,20,23-24,27,30H,3,5-6,11-12,15H2,1-2H3/t20-,23-,24-/m0/s1. The third-order valence-corrected chi connectivity index (χ3v) is 7.46. The SMILES string of the molecule is CN(C)C(=O)c1cccc(-c2ccc3c(c2)[C@@H]2[C@@H](CCN2C(=O)C2CCC2)[C@H](CO)N3)c1. The largest absolute Gasteiger partial charge is 0.394 e. The summed E-state index contributed by atoms with van der Waals surface area (Å²) in [7, 11) is 3.51. The second kappa shape index (κ2) is 8.24. The fourth-order valence-electron chi connectivity index (χ4n) is 5.47. The molecule has 32 heavy (non-hydrogen) atoms. The van der Waals surface area contributed by atoms with Crippen LogP contribution in [0.1, 0.15) is 47.6 Å². The van der Waals surface area contributed by atoms with Gasteiger partial charge in [0.25, 0.3) is 5.91 Å². The first-order valence-corrected chi connectivity index (χ1v) is 11.6. The van der Waals surface area contributed by atoms with Gasteiger partial charge in [0.05, 0.1) is 18.7 Å². The molecule has 5 rings (SSSR count). The van der Waals surface area contributed by atoms with Crippen molar-refractivity contribution in [3.05, 3.63) is 53.6 Å². The van der Waals surface area contributed by atoms with E-state index in [0.717, 1.165) is 54.6 Å². The molecule has 2 amide bonds. The van der Waals surface area contributed by atoms with Crippen molar-refractivity contribution in [3.8, 4) is 11.1 Å². The number of amides is 2. The predicted octanol–water partition coefficient (Wildman–Crippen LogP) is 3.53. The fourth-order valence-corrected chi connectivity index (χ4v) is 5.47. The normalized spacial score (nSPS) is 24.2. The summed E-state index contributed by atoms with van der Waals surface area (Å²) < 4.78 is 0. The van der Waals surface area contributed by atoms with Crippen LogP contribution in [0.2, 0.25) is 0 Å². The highest BCUT2D eigenvalue weighted by molar-refractivity contribution is 5.95. The number of carbonyl (C=O) groups is 2. The maximum Gasteiger partial charge on any atom is 0.253 e. The first-order valence-electron chi connectivity index (χ1n) is 11.6. The summed E-state index contributed by atoms with van der Waals surface area (Å²) in [6, 6.07) is 13.9. The van der Waals surface area contributed by atoms with Crippen LogP contribution in [-0.2, 0) is 4.79 Å². The molecule has 168 valence electrons. The number of fused-ring (bicyclic) bond motifs is 3. The molecule has 2 aliphatic heterocycles. The number of benzene rings is 2. The summed E-state index contributed by atoms with van der Waals surface area (Å²) in [5.41, 5.74) is 4.78. The Labute approximate surface area is 189 Å². The summed E-state index contributed by atoms with van der Waals surface area (Å²) in [4.78, 5) is 29.3. The molecule has 2 fully saturated rings. The van der Waals surface area contributed by atoms with E-state index in [9.17, 15) is 14.7 Å². The second-order valence-electron chi connectivity index (χ2n) is 9.57. The van der Waals surface area contributed by atoms with Gasteiger partial charge in [-0.1, -0.05) is 24.6 Å². The minimum atomic E-state index is -0.0430. The minimum absolute atomic E-state index is 0.0111. The van der Waals surface area contributed by atoms with E-state index in [4.69, 9.17) is 0 Å². The number of likely N-dealkylation sites (tertiary alicyclic amines) is 1. The molecule has 3 atom stereocenters. The van der Waals surface area contributed by atoms with Crippen LogP contribution in [0.5, 0.6) is 0 Å². The van der Waals surface area contributed by atoms with Crippen molar-refractivity contribution in [1.82, 2.24) is 9.80 Å². The van der Waals surface area contributed by atoms with Crippen molar-refractivity contribution in [2.45, 2.75) is 37.8 Å². The topological polar surface area (TPSA) is 72.9 Å². The molecular weight excluding hydrogens is 402 g/mol. The highest BCUT2D eigenvalue weighted by Crippen LogP contribution is 2.48. The van der Waals surface area contributed by atoms with Gasteiger partial charge in [0.15, 0.2) is 0 Å². The van der Waals surface area contributed by atoms with Crippen molar-refractivity contribution >= 4 is 17.5 Å². The molecule has 6 nitrogen and oxygen atoms in total. The number of hydrogen-bond donors (Lipinski definition) is 2. The van der Waals surface area contributed by atoms with Gasteiger partial charge in [0.2, 0.25) is 5.91 Å². The van der Waals surface area contributed by atoms with Crippen molar-refractivity contribution < 1.29 is 14.7 Å². The molecule has 1 aliphatic carbocycles. The maximum absolute atomic E-state index is 13.2. The second-order valence-corrected chi connectivity index (χ2v) is 9.57. The van der Waals surface area contributed by atoms with Crippen LogP contribution in [0.15, 0.2) is 42.5 Å². The molecule has 0 bridgehead atoms. The summed E-state index contributed by atoms with van der Waals surface area (Å²) >= 11 is 0. The summed E-state index contributed by atoms with van der Waals surface area (Å²) in [6.45, 7) is 0.807. The van der Waals surface area contributed by atoms with Crippen molar-refractivity contribution in [3.63, 3.8) is 0 Å². The van der Waals surface area contributed by atoms with Crippen LogP contribution >= 0.6 is 0 Å². The van der Waals surface area contributed by atoms with Crippen LogP contribution in [0.4, 0.5) is 5.69 Å². The number of nitrogens with zero attached hydrogens (tertiary/aromatic N) is 2. The van der Waals surface area contributed by atoms with Crippen molar-refractivity contribution in [2.75, 3.05) is 32.6 Å². The van der Waals surface area contributed by atoms with Gasteiger partial charge in [-0.25, -0.2) is 0 Å². The molecule has 2 aromatic rings. The monoisotopic (exact) mass is 433 g/mol. The third-order valence-electron chi connectivity index (χ3n) is 7.46. The summed E-state index contributed by atoms with van der Waals surface area (Å²) in [6.07, 6.45) is 4.03. The molecule has 2 N–H and O–H groups in total. The van der Waals surface area contributed by atoms with Crippen LogP contribution in [0, 0.1) is 11.8 Å². The van der Waals surface area contributed by atoms with Crippen LogP contribution in [0.3, 0.4) is 0 Å². The van der Waals surface area contributed by atoms with Gasteiger partial charge in [-0.05, 0) is 60.2 Å². The van der Waals surface area contributed by atoms with Crippen LogP contribution in [0.25, 0.3) is 11.1 Å². The highest BCUT2D eigenvalue weighted by Gasteiger charge is 2.47. The Morgan fingerprint density at radius 2 is 1.88 bits per heavy atom. The van der Waals surface area contributed by atoms with Crippen LogP contribution in [-0.4, -0.2) is 60.0 Å². The van der Waals surface area contributed by atoms with E-state index < -0.39 is 0 Å². The lowest BCUT2D eigenvalue weighted by molar-refractivity contribution is -0.139. The zero-order valence-corrected chi connectivity index (χ0v) is 18.8. The van der Waals surface area contributed by atoms with Gasteiger partial charge >= 0.3 is 0 Å². The maximum atomic E-state index is 13.2. The molecule has 2 aromatic carbocycles. The summed E-state index contributed by atoms with van der Waals surface area (Å²) in [5.74, 6) is 0.618. The minimum Gasteiger partial charge on any atom is -0.394 e. The van der Waals surface area contributed by atoms with Crippen LogP contribution < -0.4 is 5.32 Å². The van der Waals surface area contributed by atoms with Gasteiger partial charge < -0.3 is 20.2 Å². The molecule has 3 aliphatic rings. The summed E-state index contributed by atoms with van der Waals surface area (Å²) in [5, 5.41) is 13.5. The van der Waals surface area contributed by atoms with Gasteiger partial charge in [-0.2, -0.15) is 0 Å². The molecule has 0 spiro atoms. The van der Waals surface area contributed by atoms with E-state index in [0.29, 0.717) is 5.56 Å². The Morgan fingerprint density at radius 3 is 2.56 bits per heavy atom. The molecule has 0 radical (unpaired) electrons. The molecule has 0 aromatic heterocycles. The van der Waals surface area contributed by atoms with Gasteiger partial charge in [-0.15, -0.1) is 0 Å². The Morgan fingerprint density at radius 1 is 1.09 bits per heavy atom. The molecule has 0 unspecified atom stereocenters. The number of anilines is 1. The van der Waals surface area contributed by atoms with E-state index in [2.05, 4.69) is 16.3 Å². The van der Waals surface area contributed by atoms with Gasteiger partial charge in [-0.3, -0.25) is 9.59 Å². The number of nitrogens with one attached hydrogen (secondary N) is 1. The first kappa shape index (κ1) is 21.0. The number of hydrogen-bond acceptors (Lipinski definition) is 4. The number of carbonyl (C=O) groups excluding carboxylic acids is 2. The predicted molar refractivity (Wildman–Crippen MR) is 124 cm³/mol. The fraction of sp³-hybridized carbons (Fsp3) is 0.462. The van der Waals surface area contributed by atoms with E-state index in [1.807, 2.05) is 36.4 Å². The number of aliphatic hydroxyl groups excluding tert-OH is 1. The van der Waals surface area contributed by atoms with Crippen molar-refractivity contribution in [2.24, 2.45) is 11.8 Å². The Kier molecular flexibility index (Phi) is 5.41.